The van der Waals surface area contributed by atoms with Crippen LogP contribution in [0, 0.1) is 0 Å². The molecule has 466 valence electrons. The first-order valence-corrected chi connectivity index (χ1v) is 33.6. The number of allylic oxidation sites excluding steroid dienone is 28. The summed E-state index contributed by atoms with van der Waals surface area (Å²) in [6.45, 7) is 6.24. The normalized spacial score (nSPS) is 13.2. The van der Waals surface area contributed by atoms with E-state index in [-0.39, 0.29) is 37.5 Å². The summed E-state index contributed by atoms with van der Waals surface area (Å²) in [6.07, 6.45) is 102. The Balaban J connectivity index is 4.32. The Hall–Kier alpha value is -5.23. The number of unbranched alkanes of at least 4 members (excludes halogenated alkanes) is 20. The molecule has 1 unspecified atom stereocenters. The molecule has 0 heterocycles. The number of hydrogen-bond donors (Lipinski definition) is 0. The molecular formula is C77H122O6. The smallest absolute Gasteiger partial charge is 0.306 e. The first-order valence-electron chi connectivity index (χ1n) is 33.6. The zero-order valence-electron chi connectivity index (χ0n) is 53.4. The van der Waals surface area contributed by atoms with Crippen LogP contribution in [0.4, 0.5) is 0 Å². The summed E-state index contributed by atoms with van der Waals surface area (Å²) >= 11 is 0. The van der Waals surface area contributed by atoms with E-state index in [0.29, 0.717) is 19.3 Å². The van der Waals surface area contributed by atoms with Crippen LogP contribution in [-0.4, -0.2) is 37.2 Å². The van der Waals surface area contributed by atoms with Crippen LogP contribution < -0.4 is 0 Å². The average Bonchev–Trinajstić information content (AvgIpc) is 3.49. The van der Waals surface area contributed by atoms with Crippen molar-refractivity contribution in [1.82, 2.24) is 0 Å². The molecule has 0 saturated heterocycles. The minimum Gasteiger partial charge on any atom is -0.462 e. The predicted molar refractivity (Wildman–Crippen MR) is 361 cm³/mol. The summed E-state index contributed by atoms with van der Waals surface area (Å²) in [5, 5.41) is 0. The van der Waals surface area contributed by atoms with Gasteiger partial charge in [-0.15, -0.1) is 0 Å². The van der Waals surface area contributed by atoms with Gasteiger partial charge in [0.05, 0.1) is 0 Å². The van der Waals surface area contributed by atoms with Crippen LogP contribution in [0.25, 0.3) is 0 Å². The van der Waals surface area contributed by atoms with Crippen LogP contribution in [-0.2, 0) is 28.6 Å². The second-order valence-electron chi connectivity index (χ2n) is 21.6. The van der Waals surface area contributed by atoms with Crippen molar-refractivity contribution in [3.05, 3.63) is 170 Å². The molecule has 0 aliphatic carbocycles. The largest absolute Gasteiger partial charge is 0.462 e. The van der Waals surface area contributed by atoms with Crippen molar-refractivity contribution in [2.75, 3.05) is 13.2 Å². The van der Waals surface area contributed by atoms with Crippen molar-refractivity contribution in [3.8, 4) is 0 Å². The zero-order chi connectivity index (χ0) is 59.9. The molecule has 0 aliphatic heterocycles. The van der Waals surface area contributed by atoms with Gasteiger partial charge in [-0.3, -0.25) is 14.4 Å². The van der Waals surface area contributed by atoms with E-state index in [1.807, 2.05) is 0 Å². The fourth-order valence-electron chi connectivity index (χ4n) is 8.79. The van der Waals surface area contributed by atoms with Crippen molar-refractivity contribution in [2.45, 2.75) is 284 Å². The number of ether oxygens (including phenoxy) is 3. The van der Waals surface area contributed by atoms with Crippen LogP contribution in [0.5, 0.6) is 0 Å². The minimum atomic E-state index is -0.824. The Morgan fingerprint density at radius 1 is 0.241 bits per heavy atom. The van der Waals surface area contributed by atoms with Gasteiger partial charge in [-0.2, -0.15) is 0 Å². The van der Waals surface area contributed by atoms with Crippen LogP contribution >= 0.6 is 0 Å². The molecule has 0 N–H and O–H groups in total. The highest BCUT2D eigenvalue weighted by Gasteiger charge is 2.19. The van der Waals surface area contributed by atoms with Gasteiger partial charge in [0.2, 0.25) is 0 Å². The highest BCUT2D eigenvalue weighted by Crippen LogP contribution is 2.15. The summed E-state index contributed by atoms with van der Waals surface area (Å²) in [6, 6.07) is 0. The van der Waals surface area contributed by atoms with E-state index in [0.717, 1.165) is 154 Å². The van der Waals surface area contributed by atoms with Crippen LogP contribution in [0.2, 0.25) is 0 Å². The van der Waals surface area contributed by atoms with E-state index < -0.39 is 6.10 Å². The molecule has 0 spiro atoms. The van der Waals surface area contributed by atoms with Gasteiger partial charge in [-0.05, 0) is 141 Å². The van der Waals surface area contributed by atoms with Crippen LogP contribution in [0.15, 0.2) is 170 Å². The van der Waals surface area contributed by atoms with Gasteiger partial charge >= 0.3 is 17.9 Å². The summed E-state index contributed by atoms with van der Waals surface area (Å²) in [5.41, 5.74) is 0. The van der Waals surface area contributed by atoms with Gasteiger partial charge in [-0.25, -0.2) is 0 Å². The Kier molecular flexibility index (Phi) is 64.9. The molecule has 0 aromatic rings. The number of rotatable bonds is 59. The Morgan fingerprint density at radius 3 is 0.711 bits per heavy atom. The van der Waals surface area contributed by atoms with Gasteiger partial charge in [0.15, 0.2) is 6.10 Å². The van der Waals surface area contributed by atoms with E-state index in [1.54, 1.807) is 0 Å². The Bertz CT molecular complexity index is 1890. The molecule has 83 heavy (non-hydrogen) atoms. The quantitative estimate of drug-likeness (QED) is 0.0261. The fraction of sp³-hybridized carbons (Fsp3) is 0.597. The van der Waals surface area contributed by atoms with E-state index in [2.05, 4.69) is 191 Å². The van der Waals surface area contributed by atoms with Crippen LogP contribution in [0.1, 0.15) is 278 Å². The molecule has 0 saturated carbocycles. The van der Waals surface area contributed by atoms with Gasteiger partial charge in [0, 0.05) is 19.3 Å². The molecule has 0 fully saturated rings. The lowest BCUT2D eigenvalue weighted by Gasteiger charge is -2.18. The van der Waals surface area contributed by atoms with Crippen LogP contribution in [0.3, 0.4) is 0 Å². The summed E-state index contributed by atoms with van der Waals surface area (Å²) in [5.74, 6) is -0.991. The number of carbonyl (C=O) groups excluding carboxylic acids is 3. The summed E-state index contributed by atoms with van der Waals surface area (Å²) in [7, 11) is 0. The van der Waals surface area contributed by atoms with Crippen molar-refractivity contribution < 1.29 is 28.6 Å². The second kappa shape index (κ2) is 69.3. The molecule has 0 aromatic heterocycles. The van der Waals surface area contributed by atoms with Gasteiger partial charge in [-0.1, -0.05) is 287 Å². The third-order valence-corrected chi connectivity index (χ3v) is 13.7. The topological polar surface area (TPSA) is 78.9 Å². The Labute approximate surface area is 511 Å². The van der Waals surface area contributed by atoms with E-state index in [9.17, 15) is 14.4 Å². The standard InChI is InChI=1S/C77H122O6/c1-4-7-10-13-16-19-22-25-28-30-31-32-33-34-35-36-37-38-39-40-41-42-43-44-45-47-49-52-55-58-61-64-67-70-76(79)82-73-74(72-81-75(78)69-66-63-60-57-54-51-48-27-24-21-18-15-12-9-6-3)83-77(80)71-68-65-62-59-56-53-50-46-29-26-23-20-17-14-11-8-5-2/h7-12,16-21,25-29,31-32,34-35,37-38,48,50,53,59,62,74H,4-6,13-15,22-24,30,33,36,39-47,49,51-52,54-58,60-61,63-73H2,1-3H3/b10-7-,11-8-,12-9-,19-16-,20-17-,21-18-,28-25-,29-26-,32-31-,35-34-,38-37-,48-27-,53-50-,62-59-. The van der Waals surface area contributed by atoms with Crippen molar-refractivity contribution in [2.24, 2.45) is 0 Å². The molecule has 0 aromatic carbocycles. The molecule has 6 nitrogen and oxygen atoms in total. The SMILES string of the molecule is CC/C=C\C/C=C\C/C=C\C/C=C\C/C=C\C/C=C\CCCCCCCCCCCCCCCCC(=O)OCC(COC(=O)CCCCCCC/C=C\C/C=C\C/C=C\CC)OC(=O)CCC/C=C\C/C=C\C/C=C\C/C=C\C/C=C\CC. The molecule has 0 aliphatic rings. The highest BCUT2D eigenvalue weighted by atomic mass is 16.6. The molecule has 0 radical (unpaired) electrons. The zero-order valence-corrected chi connectivity index (χ0v) is 53.4. The number of carbonyl (C=O) groups is 3. The predicted octanol–water partition coefficient (Wildman–Crippen LogP) is 23.4. The summed E-state index contributed by atoms with van der Waals surface area (Å²) in [4.78, 5) is 38.3. The molecule has 1 atom stereocenters. The van der Waals surface area contributed by atoms with E-state index in [1.165, 1.54) is 77.0 Å². The number of hydrogen-bond acceptors (Lipinski definition) is 6. The van der Waals surface area contributed by atoms with Crippen molar-refractivity contribution in [1.29, 1.82) is 0 Å². The monoisotopic (exact) mass is 1140 g/mol. The maximum Gasteiger partial charge on any atom is 0.306 e. The average molecular weight is 1140 g/mol. The third kappa shape index (κ3) is 67.4. The van der Waals surface area contributed by atoms with Gasteiger partial charge < -0.3 is 14.2 Å². The molecular weight excluding hydrogens is 1020 g/mol. The molecule has 6 heteroatoms. The Morgan fingerprint density at radius 2 is 0.446 bits per heavy atom. The maximum absolute atomic E-state index is 12.9. The lowest BCUT2D eigenvalue weighted by atomic mass is 10.0. The minimum absolute atomic E-state index is 0.112. The maximum atomic E-state index is 12.9. The lowest BCUT2D eigenvalue weighted by molar-refractivity contribution is -0.167. The highest BCUT2D eigenvalue weighted by molar-refractivity contribution is 5.71. The third-order valence-electron chi connectivity index (χ3n) is 13.7. The second-order valence-corrected chi connectivity index (χ2v) is 21.6. The number of esters is 3. The molecule has 0 bridgehead atoms. The van der Waals surface area contributed by atoms with E-state index >= 15 is 0 Å². The van der Waals surface area contributed by atoms with Gasteiger partial charge in [0.25, 0.3) is 0 Å². The van der Waals surface area contributed by atoms with Gasteiger partial charge in [0.1, 0.15) is 13.2 Å². The van der Waals surface area contributed by atoms with E-state index in [4.69, 9.17) is 14.2 Å². The summed E-state index contributed by atoms with van der Waals surface area (Å²) < 4.78 is 16.9. The van der Waals surface area contributed by atoms with Crippen molar-refractivity contribution >= 4 is 17.9 Å². The first kappa shape index (κ1) is 77.8. The lowest BCUT2D eigenvalue weighted by Crippen LogP contribution is -2.30. The first-order chi connectivity index (χ1) is 41.0. The van der Waals surface area contributed by atoms with Crippen molar-refractivity contribution in [3.63, 3.8) is 0 Å². The fourth-order valence-corrected chi connectivity index (χ4v) is 8.79. The molecule has 0 rings (SSSR count). The molecule has 0 amide bonds.